The molecule has 2 amide bonds. The summed E-state index contributed by atoms with van der Waals surface area (Å²) in [6.45, 7) is 1.41. The van der Waals surface area contributed by atoms with Crippen molar-refractivity contribution in [3.63, 3.8) is 0 Å². The van der Waals surface area contributed by atoms with Gasteiger partial charge in [0.25, 0.3) is 11.1 Å². The number of hydrogen-bond donors (Lipinski definition) is 1. The van der Waals surface area contributed by atoms with Gasteiger partial charge in [-0.15, -0.1) is 0 Å². The van der Waals surface area contributed by atoms with Crippen molar-refractivity contribution >= 4 is 46.6 Å². The van der Waals surface area contributed by atoms with Crippen molar-refractivity contribution in [2.75, 3.05) is 13.2 Å². The van der Waals surface area contributed by atoms with Gasteiger partial charge in [-0.2, -0.15) is 5.26 Å². The van der Waals surface area contributed by atoms with Crippen molar-refractivity contribution in [1.82, 2.24) is 4.90 Å². The van der Waals surface area contributed by atoms with E-state index >= 15 is 0 Å². The van der Waals surface area contributed by atoms with E-state index in [1.54, 1.807) is 37.3 Å². The van der Waals surface area contributed by atoms with Gasteiger partial charge in [0.1, 0.15) is 0 Å². The molecule has 10 heteroatoms. The van der Waals surface area contributed by atoms with Crippen molar-refractivity contribution in [3.8, 4) is 17.6 Å². The van der Waals surface area contributed by atoms with Crippen molar-refractivity contribution in [1.29, 1.82) is 5.26 Å². The Morgan fingerprint density at radius 2 is 2.03 bits per heavy atom. The summed E-state index contributed by atoms with van der Waals surface area (Å²) in [5.41, 5.74) is 1.44. The van der Waals surface area contributed by atoms with E-state index in [0.717, 1.165) is 16.7 Å². The molecule has 1 saturated heterocycles. The molecule has 0 unspecified atom stereocenters. The molecule has 1 aliphatic heterocycles. The Bertz CT molecular complexity index is 1160. The lowest BCUT2D eigenvalue weighted by atomic mass is 10.1. The highest BCUT2D eigenvalue weighted by molar-refractivity contribution is 8.18. The van der Waals surface area contributed by atoms with Crippen molar-refractivity contribution in [3.05, 3.63) is 63.0 Å². The third kappa shape index (κ3) is 5.22. The maximum atomic E-state index is 12.8. The third-order valence-electron chi connectivity index (χ3n) is 4.31. The monoisotopic (exact) mass is 472 g/mol. The van der Waals surface area contributed by atoms with Gasteiger partial charge in [0.05, 0.1) is 34.7 Å². The molecule has 2 aromatic carbocycles. The van der Waals surface area contributed by atoms with E-state index in [0.29, 0.717) is 16.7 Å². The van der Waals surface area contributed by atoms with Gasteiger partial charge in [-0.25, -0.2) is 4.79 Å². The largest absolute Gasteiger partial charge is 0.490 e. The highest BCUT2D eigenvalue weighted by Crippen LogP contribution is 2.39. The fourth-order valence-corrected chi connectivity index (χ4v) is 4.05. The first-order chi connectivity index (χ1) is 15.3. The topological polar surface area (TPSA) is 117 Å². The van der Waals surface area contributed by atoms with E-state index < -0.39 is 23.7 Å². The van der Waals surface area contributed by atoms with Crippen LogP contribution in [0.3, 0.4) is 0 Å². The zero-order valence-corrected chi connectivity index (χ0v) is 18.4. The average Bonchev–Trinajstić information content (AvgIpc) is 3.01. The number of thioether (sulfide) groups is 1. The van der Waals surface area contributed by atoms with Crippen LogP contribution in [0.25, 0.3) is 6.08 Å². The molecule has 1 aliphatic rings. The molecule has 8 nitrogen and oxygen atoms in total. The molecule has 1 N–H and O–H groups in total. The molecular formula is C22H17ClN2O6S. The van der Waals surface area contributed by atoms with Crippen molar-refractivity contribution in [2.45, 2.75) is 13.5 Å². The summed E-state index contributed by atoms with van der Waals surface area (Å²) in [7, 11) is 0. The van der Waals surface area contributed by atoms with Crippen LogP contribution in [0.4, 0.5) is 4.79 Å². The molecule has 164 valence electrons. The van der Waals surface area contributed by atoms with Gasteiger partial charge in [0, 0.05) is 0 Å². The molecule has 1 heterocycles. The molecule has 32 heavy (non-hydrogen) atoms. The highest BCUT2D eigenvalue weighted by Gasteiger charge is 2.35. The lowest BCUT2D eigenvalue weighted by molar-refractivity contribution is -0.139. The minimum Gasteiger partial charge on any atom is -0.490 e. The molecule has 0 atom stereocenters. The Morgan fingerprint density at radius 1 is 1.28 bits per heavy atom. The quantitative estimate of drug-likeness (QED) is 0.565. The van der Waals surface area contributed by atoms with E-state index in [1.165, 1.54) is 12.1 Å². The number of nitriles is 1. The summed E-state index contributed by atoms with van der Waals surface area (Å²) < 4.78 is 10.7. The molecule has 0 radical (unpaired) electrons. The van der Waals surface area contributed by atoms with Crippen LogP contribution < -0.4 is 9.47 Å². The van der Waals surface area contributed by atoms with Crippen LogP contribution in [0.5, 0.6) is 11.5 Å². The lowest BCUT2D eigenvalue weighted by Crippen LogP contribution is -2.27. The summed E-state index contributed by atoms with van der Waals surface area (Å²) >= 11 is 7.02. The number of halogens is 1. The number of hydrogen-bond acceptors (Lipinski definition) is 7. The van der Waals surface area contributed by atoms with Crippen LogP contribution in [0.2, 0.25) is 5.02 Å². The zero-order valence-electron chi connectivity index (χ0n) is 16.8. The molecule has 0 aromatic heterocycles. The third-order valence-corrected chi connectivity index (χ3v) is 5.50. The van der Waals surface area contributed by atoms with Crippen molar-refractivity contribution in [2.24, 2.45) is 0 Å². The Morgan fingerprint density at radius 3 is 2.72 bits per heavy atom. The van der Waals surface area contributed by atoms with E-state index in [9.17, 15) is 19.6 Å². The first-order valence-corrected chi connectivity index (χ1v) is 10.6. The van der Waals surface area contributed by atoms with Gasteiger partial charge in [-0.1, -0.05) is 29.8 Å². The molecular weight excluding hydrogens is 456 g/mol. The van der Waals surface area contributed by atoms with E-state index in [1.807, 2.05) is 6.07 Å². The summed E-state index contributed by atoms with van der Waals surface area (Å²) in [6, 6.07) is 11.8. The van der Waals surface area contributed by atoms with E-state index in [2.05, 4.69) is 0 Å². The van der Waals surface area contributed by atoms with Gasteiger partial charge in [-0.05, 0) is 54.1 Å². The Balaban J connectivity index is 1.88. The normalized spacial score (nSPS) is 14.5. The second-order valence-corrected chi connectivity index (χ2v) is 7.88. The number of carbonyl (C=O) groups is 3. The second-order valence-electron chi connectivity index (χ2n) is 6.48. The van der Waals surface area contributed by atoms with Crippen LogP contribution >= 0.6 is 23.4 Å². The van der Waals surface area contributed by atoms with Gasteiger partial charge < -0.3 is 14.6 Å². The maximum Gasteiger partial charge on any atom is 0.341 e. The van der Waals surface area contributed by atoms with Crippen LogP contribution in [0, 0.1) is 11.3 Å². The predicted octanol–water partition coefficient (Wildman–Crippen LogP) is 4.31. The number of aliphatic carboxylic acids is 1. The molecule has 2 aromatic rings. The number of nitrogens with zero attached hydrogens (tertiary/aromatic N) is 2. The predicted molar refractivity (Wildman–Crippen MR) is 118 cm³/mol. The maximum absolute atomic E-state index is 12.8. The number of carbonyl (C=O) groups excluding carboxylic acids is 2. The van der Waals surface area contributed by atoms with Crippen LogP contribution in [0.1, 0.15) is 23.6 Å². The first kappa shape index (κ1) is 23.2. The number of imide groups is 1. The summed E-state index contributed by atoms with van der Waals surface area (Å²) in [6.07, 6.45) is 1.50. The fourth-order valence-electron chi connectivity index (χ4n) is 2.93. The Hall–Kier alpha value is -3.48. The van der Waals surface area contributed by atoms with E-state index in [4.69, 9.17) is 26.2 Å². The van der Waals surface area contributed by atoms with E-state index in [-0.39, 0.29) is 34.6 Å². The van der Waals surface area contributed by atoms with Crippen LogP contribution in [0.15, 0.2) is 41.3 Å². The average molecular weight is 473 g/mol. The number of ether oxygens (including phenoxy) is 2. The minimum atomic E-state index is -1.17. The van der Waals surface area contributed by atoms with Gasteiger partial charge >= 0.3 is 5.97 Å². The first-order valence-electron chi connectivity index (χ1n) is 9.38. The Kier molecular flexibility index (Phi) is 7.41. The highest BCUT2D eigenvalue weighted by atomic mass is 35.5. The number of carboxylic acids is 1. The number of carboxylic acid groups (broad SMARTS) is 1. The van der Waals surface area contributed by atoms with Crippen LogP contribution in [-0.4, -0.2) is 40.3 Å². The standard InChI is InChI=1S/C22H17ClN2O6S/c1-2-30-17-8-13(7-16(23)20(17)31-12-19(26)27)9-18-21(28)25(22(29)32-18)11-15-6-4-3-5-14(15)10-24/h3-9H,2,11-12H2,1H3,(H,26,27). The summed E-state index contributed by atoms with van der Waals surface area (Å²) in [4.78, 5) is 37.4. The number of amides is 2. The molecule has 0 saturated carbocycles. The molecule has 0 aliphatic carbocycles. The molecule has 1 fully saturated rings. The smallest absolute Gasteiger partial charge is 0.341 e. The molecule has 3 rings (SSSR count). The second kappa shape index (κ2) is 10.2. The van der Waals surface area contributed by atoms with Crippen molar-refractivity contribution < 1.29 is 29.0 Å². The van der Waals surface area contributed by atoms with Gasteiger partial charge in [0.2, 0.25) is 0 Å². The zero-order chi connectivity index (χ0) is 23.3. The summed E-state index contributed by atoms with van der Waals surface area (Å²) in [5, 5.41) is 17.7. The molecule has 0 bridgehead atoms. The van der Waals surface area contributed by atoms with Gasteiger partial charge in [0.15, 0.2) is 18.1 Å². The fraction of sp³-hybridized carbons (Fsp3) is 0.182. The number of benzene rings is 2. The molecule has 0 spiro atoms. The number of rotatable bonds is 8. The van der Waals surface area contributed by atoms with Crippen LogP contribution in [-0.2, 0) is 16.1 Å². The summed E-state index contributed by atoms with van der Waals surface area (Å²) in [5.74, 6) is -1.36. The Labute approximate surface area is 193 Å². The lowest BCUT2D eigenvalue weighted by Gasteiger charge is -2.14. The minimum absolute atomic E-state index is 0.0152. The van der Waals surface area contributed by atoms with Gasteiger partial charge in [-0.3, -0.25) is 14.5 Å². The SMILES string of the molecule is CCOc1cc(C=C2SC(=O)N(Cc3ccccc3C#N)C2=O)cc(Cl)c1OCC(=O)O.